The summed E-state index contributed by atoms with van der Waals surface area (Å²) in [6.45, 7) is 6.34. The van der Waals surface area contributed by atoms with E-state index in [-0.39, 0.29) is 5.91 Å². The Morgan fingerprint density at radius 1 is 1.08 bits per heavy atom. The smallest absolute Gasteiger partial charge is 0.236 e. The number of carbonyl (C=O) groups excluding carboxylic acids is 1. The van der Waals surface area contributed by atoms with Crippen molar-refractivity contribution in [3.63, 3.8) is 0 Å². The lowest BCUT2D eigenvalue weighted by Crippen LogP contribution is -2.41. The molecular weight excluding hydrogens is 304 g/mol. The van der Waals surface area contributed by atoms with E-state index < -0.39 is 0 Å². The number of hydrogen-bond donors (Lipinski definition) is 0. The van der Waals surface area contributed by atoms with Crippen LogP contribution in [-0.2, 0) is 11.3 Å². The van der Waals surface area contributed by atoms with Gasteiger partial charge in [0.1, 0.15) is 0 Å². The summed E-state index contributed by atoms with van der Waals surface area (Å²) in [5.74, 6) is 1.87. The van der Waals surface area contributed by atoms with Crippen molar-refractivity contribution in [1.29, 1.82) is 0 Å². The summed E-state index contributed by atoms with van der Waals surface area (Å²) in [7, 11) is 0. The second-order valence-electron chi connectivity index (χ2n) is 6.64. The molecule has 0 aromatic heterocycles. The zero-order chi connectivity index (χ0) is 16.8. The van der Waals surface area contributed by atoms with Gasteiger partial charge in [-0.3, -0.25) is 9.69 Å². The number of nitrogens with zero attached hydrogens (tertiary/aromatic N) is 2. The molecule has 132 valence electrons. The van der Waals surface area contributed by atoms with Gasteiger partial charge in [-0.1, -0.05) is 32.3 Å². The van der Waals surface area contributed by atoms with Gasteiger partial charge in [0.15, 0.2) is 11.5 Å². The van der Waals surface area contributed by atoms with Gasteiger partial charge in [-0.2, -0.15) is 0 Å². The third-order valence-corrected chi connectivity index (χ3v) is 4.86. The van der Waals surface area contributed by atoms with Crippen molar-refractivity contribution in [2.24, 2.45) is 0 Å². The Labute approximate surface area is 144 Å². The van der Waals surface area contributed by atoms with Gasteiger partial charge in [0.05, 0.1) is 6.54 Å². The number of benzene rings is 1. The van der Waals surface area contributed by atoms with Crippen LogP contribution in [0.5, 0.6) is 11.5 Å². The number of carbonyl (C=O) groups is 1. The van der Waals surface area contributed by atoms with E-state index in [1.807, 2.05) is 12.1 Å². The molecule has 0 unspecified atom stereocenters. The fourth-order valence-electron chi connectivity index (χ4n) is 3.37. The van der Waals surface area contributed by atoms with Gasteiger partial charge in [-0.05, 0) is 37.1 Å². The van der Waals surface area contributed by atoms with Crippen LogP contribution in [0.25, 0.3) is 0 Å². The summed E-state index contributed by atoms with van der Waals surface area (Å²) < 4.78 is 10.8. The summed E-state index contributed by atoms with van der Waals surface area (Å²) in [6, 6.07) is 6.02. The van der Waals surface area contributed by atoms with Crippen molar-refractivity contribution in [2.45, 2.75) is 45.6 Å². The van der Waals surface area contributed by atoms with E-state index in [0.717, 1.165) is 56.1 Å². The molecule has 0 bridgehead atoms. The predicted octanol–water partition coefficient (Wildman–Crippen LogP) is 3.03. The van der Waals surface area contributed by atoms with E-state index in [1.54, 1.807) is 0 Å². The molecule has 0 N–H and O–H groups in total. The summed E-state index contributed by atoms with van der Waals surface area (Å²) in [6.07, 6.45) is 6.09. The maximum Gasteiger partial charge on any atom is 0.236 e. The lowest BCUT2D eigenvalue weighted by atomic mass is 10.1. The fourth-order valence-corrected chi connectivity index (χ4v) is 3.37. The van der Waals surface area contributed by atoms with E-state index in [1.165, 1.54) is 19.3 Å². The van der Waals surface area contributed by atoms with Crippen LogP contribution in [0.2, 0.25) is 0 Å². The van der Waals surface area contributed by atoms with E-state index in [2.05, 4.69) is 22.8 Å². The first-order chi connectivity index (χ1) is 11.8. The average Bonchev–Trinajstić information content (AvgIpc) is 3.01. The molecule has 5 heteroatoms. The van der Waals surface area contributed by atoms with Gasteiger partial charge < -0.3 is 14.4 Å². The molecule has 0 aliphatic carbocycles. The van der Waals surface area contributed by atoms with Gasteiger partial charge in [0, 0.05) is 19.6 Å². The van der Waals surface area contributed by atoms with Crippen LogP contribution in [0.1, 0.15) is 44.6 Å². The van der Waals surface area contributed by atoms with E-state index in [0.29, 0.717) is 13.3 Å². The van der Waals surface area contributed by atoms with Crippen LogP contribution in [0.4, 0.5) is 0 Å². The van der Waals surface area contributed by atoms with Crippen LogP contribution in [0.3, 0.4) is 0 Å². The van der Waals surface area contributed by atoms with Crippen LogP contribution < -0.4 is 9.47 Å². The first-order valence-electron chi connectivity index (χ1n) is 9.15. The Bertz CT molecular complexity index is 554. The number of likely N-dealkylation sites (N-methyl/N-ethyl adjacent to an activating group) is 1. The minimum Gasteiger partial charge on any atom is -0.454 e. The molecule has 2 heterocycles. The minimum absolute atomic E-state index is 0.263. The van der Waals surface area contributed by atoms with E-state index in [4.69, 9.17) is 9.47 Å². The Kier molecular flexibility index (Phi) is 5.96. The molecule has 1 amide bonds. The molecule has 0 atom stereocenters. The van der Waals surface area contributed by atoms with Crippen LogP contribution in [0, 0.1) is 0 Å². The Morgan fingerprint density at radius 3 is 2.54 bits per heavy atom. The highest BCUT2D eigenvalue weighted by Crippen LogP contribution is 2.32. The Balaban J connectivity index is 1.56. The molecule has 1 saturated heterocycles. The van der Waals surface area contributed by atoms with Crippen molar-refractivity contribution in [3.8, 4) is 11.5 Å². The van der Waals surface area contributed by atoms with Crippen molar-refractivity contribution < 1.29 is 14.3 Å². The van der Waals surface area contributed by atoms with Gasteiger partial charge in [0.25, 0.3) is 0 Å². The van der Waals surface area contributed by atoms with Gasteiger partial charge in [-0.25, -0.2) is 0 Å². The molecule has 1 fully saturated rings. The molecular formula is C19H28N2O3. The predicted molar refractivity (Wildman–Crippen MR) is 93.2 cm³/mol. The van der Waals surface area contributed by atoms with Crippen molar-refractivity contribution in [1.82, 2.24) is 9.80 Å². The van der Waals surface area contributed by atoms with Crippen LogP contribution in [0.15, 0.2) is 18.2 Å². The molecule has 1 aromatic rings. The molecule has 5 nitrogen and oxygen atoms in total. The number of ether oxygens (including phenoxy) is 2. The third-order valence-electron chi connectivity index (χ3n) is 4.86. The number of rotatable bonds is 5. The fraction of sp³-hybridized carbons (Fsp3) is 0.632. The number of fused-ring (bicyclic) bond motifs is 1. The average molecular weight is 332 g/mol. The monoisotopic (exact) mass is 332 g/mol. The highest BCUT2D eigenvalue weighted by molar-refractivity contribution is 5.78. The molecule has 2 aliphatic rings. The second-order valence-corrected chi connectivity index (χ2v) is 6.64. The molecule has 3 rings (SSSR count). The second kappa shape index (κ2) is 8.38. The standard InChI is InChI=1S/C19H28N2O3/c1-2-20(13-16-8-9-17-18(12-16)24-15-23-17)14-19(22)21-10-6-4-3-5-7-11-21/h8-9,12H,2-7,10-11,13-15H2,1H3. The summed E-state index contributed by atoms with van der Waals surface area (Å²) in [4.78, 5) is 16.9. The lowest BCUT2D eigenvalue weighted by Gasteiger charge is -2.28. The maximum absolute atomic E-state index is 12.6. The zero-order valence-corrected chi connectivity index (χ0v) is 14.6. The number of amides is 1. The summed E-state index contributed by atoms with van der Waals surface area (Å²) in [5.41, 5.74) is 1.15. The molecule has 24 heavy (non-hydrogen) atoms. The first-order valence-corrected chi connectivity index (χ1v) is 9.15. The van der Waals surface area contributed by atoms with Crippen molar-refractivity contribution >= 4 is 5.91 Å². The van der Waals surface area contributed by atoms with Gasteiger partial charge in [-0.15, -0.1) is 0 Å². The van der Waals surface area contributed by atoms with Gasteiger partial charge in [0.2, 0.25) is 12.7 Å². The molecule has 0 radical (unpaired) electrons. The molecule has 0 saturated carbocycles. The zero-order valence-electron chi connectivity index (χ0n) is 14.6. The Hall–Kier alpha value is -1.75. The quantitative estimate of drug-likeness (QED) is 0.831. The molecule has 0 spiro atoms. The molecule has 2 aliphatic heterocycles. The third kappa shape index (κ3) is 4.41. The Morgan fingerprint density at radius 2 is 1.79 bits per heavy atom. The molecule has 1 aromatic carbocycles. The van der Waals surface area contributed by atoms with Crippen molar-refractivity contribution in [2.75, 3.05) is 33.0 Å². The number of hydrogen-bond acceptors (Lipinski definition) is 4. The van der Waals surface area contributed by atoms with Crippen molar-refractivity contribution in [3.05, 3.63) is 23.8 Å². The summed E-state index contributed by atoms with van der Waals surface area (Å²) >= 11 is 0. The van der Waals surface area contributed by atoms with E-state index in [9.17, 15) is 4.79 Å². The first kappa shape index (κ1) is 17.1. The normalized spacial score (nSPS) is 17.7. The number of likely N-dealkylation sites (tertiary alicyclic amines) is 1. The highest BCUT2D eigenvalue weighted by Gasteiger charge is 2.19. The van der Waals surface area contributed by atoms with Gasteiger partial charge >= 0.3 is 0 Å². The SMILES string of the molecule is CCN(CC(=O)N1CCCCCCC1)Cc1ccc2c(c1)OCO2. The van der Waals surface area contributed by atoms with E-state index >= 15 is 0 Å². The summed E-state index contributed by atoms with van der Waals surface area (Å²) in [5, 5.41) is 0. The largest absolute Gasteiger partial charge is 0.454 e. The lowest BCUT2D eigenvalue weighted by molar-refractivity contribution is -0.132. The van der Waals surface area contributed by atoms with Crippen LogP contribution >= 0.6 is 0 Å². The topological polar surface area (TPSA) is 42.0 Å². The minimum atomic E-state index is 0.263. The van der Waals surface area contributed by atoms with Crippen LogP contribution in [-0.4, -0.2) is 48.7 Å². The highest BCUT2D eigenvalue weighted by atomic mass is 16.7. The maximum atomic E-state index is 12.6.